The largest absolute Gasteiger partial charge is 0.478 e. The molecular weight excluding hydrogens is 292 g/mol. The highest BCUT2D eigenvalue weighted by molar-refractivity contribution is 6.34. The first-order valence-corrected chi connectivity index (χ1v) is 6.66. The average molecular weight is 305 g/mol. The van der Waals surface area contributed by atoms with Crippen molar-refractivity contribution in [1.29, 1.82) is 0 Å². The van der Waals surface area contributed by atoms with Crippen LogP contribution in [0, 0.1) is 0 Å². The van der Waals surface area contributed by atoms with Crippen LogP contribution >= 0.6 is 11.6 Å². The molecule has 21 heavy (non-hydrogen) atoms. The van der Waals surface area contributed by atoms with Crippen LogP contribution in [0.4, 0.5) is 5.69 Å². The smallest absolute Gasteiger partial charge is 0.335 e. The summed E-state index contributed by atoms with van der Waals surface area (Å²) in [5.41, 5.74) is 1.30. The van der Waals surface area contributed by atoms with Gasteiger partial charge in [-0.3, -0.25) is 9.78 Å². The van der Waals surface area contributed by atoms with Gasteiger partial charge in [0.15, 0.2) is 0 Å². The van der Waals surface area contributed by atoms with E-state index in [2.05, 4.69) is 10.3 Å². The van der Waals surface area contributed by atoms with Crippen LogP contribution in [0.1, 0.15) is 22.5 Å². The van der Waals surface area contributed by atoms with E-state index in [9.17, 15) is 9.59 Å². The van der Waals surface area contributed by atoms with E-state index in [1.807, 2.05) is 18.2 Å². The molecule has 0 aliphatic carbocycles. The molecular formula is C15H13ClN2O3. The summed E-state index contributed by atoms with van der Waals surface area (Å²) < 4.78 is 0. The quantitative estimate of drug-likeness (QED) is 0.890. The number of carboxylic acid groups (broad SMARTS) is 1. The van der Waals surface area contributed by atoms with Gasteiger partial charge in [0, 0.05) is 18.3 Å². The molecule has 0 atom stereocenters. The second-order valence-electron chi connectivity index (χ2n) is 4.37. The summed E-state index contributed by atoms with van der Waals surface area (Å²) >= 11 is 5.94. The first-order valence-electron chi connectivity index (χ1n) is 6.29. The number of hydrogen-bond acceptors (Lipinski definition) is 3. The lowest BCUT2D eigenvalue weighted by atomic mass is 10.2. The van der Waals surface area contributed by atoms with Gasteiger partial charge in [-0.15, -0.1) is 0 Å². The fraction of sp³-hybridized carbons (Fsp3) is 0.133. The van der Waals surface area contributed by atoms with Crippen molar-refractivity contribution in [2.24, 2.45) is 0 Å². The molecule has 0 fully saturated rings. The van der Waals surface area contributed by atoms with E-state index < -0.39 is 5.97 Å². The molecule has 0 spiro atoms. The number of nitrogens with one attached hydrogen (secondary N) is 1. The van der Waals surface area contributed by atoms with Crippen molar-refractivity contribution >= 4 is 29.2 Å². The van der Waals surface area contributed by atoms with E-state index in [1.54, 1.807) is 6.20 Å². The highest BCUT2D eigenvalue weighted by atomic mass is 35.5. The molecule has 0 saturated heterocycles. The number of aromatic nitrogens is 1. The molecule has 0 unspecified atom stereocenters. The first kappa shape index (κ1) is 15.0. The SMILES string of the molecule is O=C(CCc1ccccn1)Nc1ccc(C(=O)O)cc1Cl. The number of carbonyl (C=O) groups is 2. The lowest BCUT2D eigenvalue weighted by molar-refractivity contribution is -0.116. The number of rotatable bonds is 5. The molecule has 6 heteroatoms. The van der Waals surface area contributed by atoms with Crippen LogP contribution in [-0.2, 0) is 11.2 Å². The van der Waals surface area contributed by atoms with E-state index in [-0.39, 0.29) is 22.9 Å². The number of hydrogen-bond donors (Lipinski definition) is 2. The van der Waals surface area contributed by atoms with Crippen LogP contribution in [0.3, 0.4) is 0 Å². The number of anilines is 1. The maximum atomic E-state index is 11.8. The third-order valence-corrected chi connectivity index (χ3v) is 3.14. The molecule has 108 valence electrons. The van der Waals surface area contributed by atoms with Gasteiger partial charge >= 0.3 is 5.97 Å². The third-order valence-electron chi connectivity index (χ3n) is 2.82. The summed E-state index contributed by atoms with van der Waals surface area (Å²) in [6, 6.07) is 9.70. The Kier molecular flexibility index (Phi) is 4.90. The van der Waals surface area contributed by atoms with Crippen molar-refractivity contribution in [3.63, 3.8) is 0 Å². The highest BCUT2D eigenvalue weighted by Gasteiger charge is 2.10. The van der Waals surface area contributed by atoms with Crippen molar-refractivity contribution < 1.29 is 14.7 Å². The first-order chi connectivity index (χ1) is 10.1. The van der Waals surface area contributed by atoms with Crippen LogP contribution in [0.15, 0.2) is 42.6 Å². The topological polar surface area (TPSA) is 79.3 Å². The summed E-state index contributed by atoms with van der Waals surface area (Å²) in [5.74, 6) is -1.27. The molecule has 0 aliphatic rings. The summed E-state index contributed by atoms with van der Waals surface area (Å²) in [7, 11) is 0. The zero-order valence-corrected chi connectivity index (χ0v) is 11.8. The van der Waals surface area contributed by atoms with Crippen molar-refractivity contribution in [3.05, 3.63) is 58.9 Å². The van der Waals surface area contributed by atoms with Gasteiger partial charge in [-0.05, 0) is 36.8 Å². The van der Waals surface area contributed by atoms with E-state index in [0.717, 1.165) is 5.69 Å². The molecule has 1 amide bonds. The molecule has 0 aliphatic heterocycles. The number of aryl methyl sites for hydroxylation is 1. The Hall–Kier alpha value is -2.40. The van der Waals surface area contributed by atoms with Crippen molar-refractivity contribution in [2.45, 2.75) is 12.8 Å². The predicted molar refractivity (Wildman–Crippen MR) is 79.6 cm³/mol. The van der Waals surface area contributed by atoms with Gasteiger partial charge < -0.3 is 10.4 Å². The van der Waals surface area contributed by atoms with Gasteiger partial charge in [-0.1, -0.05) is 17.7 Å². The molecule has 1 heterocycles. The summed E-state index contributed by atoms with van der Waals surface area (Å²) in [5, 5.41) is 11.7. The highest BCUT2D eigenvalue weighted by Crippen LogP contribution is 2.23. The fourth-order valence-corrected chi connectivity index (χ4v) is 1.98. The van der Waals surface area contributed by atoms with Gasteiger partial charge in [0.05, 0.1) is 16.3 Å². The molecule has 5 nitrogen and oxygen atoms in total. The zero-order chi connectivity index (χ0) is 15.2. The van der Waals surface area contributed by atoms with Gasteiger partial charge in [0.1, 0.15) is 0 Å². The van der Waals surface area contributed by atoms with E-state index >= 15 is 0 Å². The number of aromatic carboxylic acids is 1. The number of carbonyl (C=O) groups excluding carboxylic acids is 1. The van der Waals surface area contributed by atoms with Gasteiger partial charge in [-0.25, -0.2) is 4.79 Å². The lowest BCUT2D eigenvalue weighted by Gasteiger charge is -2.07. The van der Waals surface area contributed by atoms with Gasteiger partial charge in [0.2, 0.25) is 5.91 Å². The number of pyridine rings is 1. The Morgan fingerprint density at radius 1 is 1.24 bits per heavy atom. The number of amides is 1. The van der Waals surface area contributed by atoms with E-state index in [1.165, 1.54) is 18.2 Å². The monoisotopic (exact) mass is 304 g/mol. The summed E-state index contributed by atoms with van der Waals surface area (Å²) in [4.78, 5) is 26.8. The maximum absolute atomic E-state index is 11.8. The fourth-order valence-electron chi connectivity index (χ4n) is 1.75. The molecule has 0 radical (unpaired) electrons. The second-order valence-corrected chi connectivity index (χ2v) is 4.78. The van der Waals surface area contributed by atoms with Crippen LogP contribution in [0.25, 0.3) is 0 Å². The van der Waals surface area contributed by atoms with Crippen LogP contribution in [0.5, 0.6) is 0 Å². The number of nitrogens with zero attached hydrogens (tertiary/aromatic N) is 1. The maximum Gasteiger partial charge on any atom is 0.335 e. The van der Waals surface area contributed by atoms with Crippen LogP contribution in [0.2, 0.25) is 5.02 Å². The number of benzene rings is 1. The average Bonchev–Trinajstić information content (AvgIpc) is 2.48. The Labute approximate surface area is 126 Å². The van der Waals surface area contributed by atoms with Crippen LogP contribution in [-0.4, -0.2) is 22.0 Å². The van der Waals surface area contributed by atoms with Crippen molar-refractivity contribution in [1.82, 2.24) is 4.98 Å². The molecule has 2 N–H and O–H groups in total. The lowest BCUT2D eigenvalue weighted by Crippen LogP contribution is -2.13. The Bertz CT molecular complexity index is 659. The molecule has 1 aromatic carbocycles. The molecule has 0 bridgehead atoms. The van der Waals surface area contributed by atoms with E-state index in [4.69, 9.17) is 16.7 Å². The van der Waals surface area contributed by atoms with Crippen LogP contribution < -0.4 is 5.32 Å². The Morgan fingerprint density at radius 3 is 2.67 bits per heavy atom. The zero-order valence-electron chi connectivity index (χ0n) is 11.0. The molecule has 0 saturated carbocycles. The standard InChI is InChI=1S/C15H13ClN2O3/c16-12-9-10(15(20)21)4-6-13(12)18-14(19)7-5-11-3-1-2-8-17-11/h1-4,6,8-9H,5,7H2,(H,18,19)(H,20,21). The minimum Gasteiger partial charge on any atom is -0.478 e. The molecule has 2 rings (SSSR count). The summed E-state index contributed by atoms with van der Waals surface area (Å²) in [6.45, 7) is 0. The number of carboxylic acids is 1. The Balaban J connectivity index is 1.95. The van der Waals surface area contributed by atoms with Crippen molar-refractivity contribution in [2.75, 3.05) is 5.32 Å². The minimum absolute atomic E-state index is 0.0754. The predicted octanol–water partition coefficient (Wildman–Crippen LogP) is 3.00. The molecule has 2 aromatic rings. The minimum atomic E-state index is -1.06. The third kappa shape index (κ3) is 4.29. The normalized spacial score (nSPS) is 10.1. The van der Waals surface area contributed by atoms with Gasteiger partial charge in [0.25, 0.3) is 0 Å². The second kappa shape index (κ2) is 6.85. The van der Waals surface area contributed by atoms with Crippen molar-refractivity contribution in [3.8, 4) is 0 Å². The molecule has 1 aromatic heterocycles. The Morgan fingerprint density at radius 2 is 2.05 bits per heavy atom. The van der Waals surface area contributed by atoms with Gasteiger partial charge in [-0.2, -0.15) is 0 Å². The summed E-state index contributed by atoms with van der Waals surface area (Å²) in [6.07, 6.45) is 2.47. The van der Waals surface area contributed by atoms with E-state index in [0.29, 0.717) is 12.1 Å². The number of halogens is 1.